The van der Waals surface area contributed by atoms with Crippen LogP contribution < -0.4 is 10.6 Å². The quantitative estimate of drug-likeness (QED) is 0.587. The number of aliphatic carboxylic acids is 1. The number of hydrogen-bond acceptors (Lipinski definition) is 4. The Bertz CT molecular complexity index is 1000. The van der Waals surface area contributed by atoms with Gasteiger partial charge < -0.3 is 20.5 Å². The molecule has 2 aromatic carbocycles. The zero-order chi connectivity index (χ0) is 22.9. The summed E-state index contributed by atoms with van der Waals surface area (Å²) in [5.41, 5.74) is 4.57. The van der Waals surface area contributed by atoms with Crippen molar-refractivity contribution < 1.29 is 24.2 Å². The van der Waals surface area contributed by atoms with Gasteiger partial charge in [-0.05, 0) is 40.0 Å². The van der Waals surface area contributed by atoms with Crippen LogP contribution in [0.2, 0.25) is 0 Å². The van der Waals surface area contributed by atoms with E-state index in [-0.39, 0.29) is 17.9 Å². The Balaban J connectivity index is 1.37. The summed E-state index contributed by atoms with van der Waals surface area (Å²) >= 11 is 0. The lowest BCUT2D eigenvalue weighted by atomic mass is 9.98. The molecule has 0 heterocycles. The second kappa shape index (κ2) is 8.65. The molecule has 0 bridgehead atoms. The highest BCUT2D eigenvalue weighted by atomic mass is 16.5. The van der Waals surface area contributed by atoms with Crippen LogP contribution in [0.1, 0.15) is 43.7 Å². The van der Waals surface area contributed by atoms with Gasteiger partial charge in [-0.1, -0.05) is 62.4 Å². The van der Waals surface area contributed by atoms with E-state index in [4.69, 9.17) is 9.84 Å². The second-order valence-electron chi connectivity index (χ2n) is 9.26. The molecule has 2 aliphatic carbocycles. The highest BCUT2D eigenvalue weighted by Crippen LogP contribution is 2.51. The lowest BCUT2D eigenvalue weighted by molar-refractivity contribution is -0.139. The largest absolute Gasteiger partial charge is 0.481 e. The molecular weight excluding hydrogens is 408 g/mol. The SMILES string of the molecule is CC1(C)CC1CNC(=O)C(CC(=O)O)NC(=O)OCC1c2ccccc2-c2ccccc21. The second-order valence-corrected chi connectivity index (χ2v) is 9.26. The molecule has 7 nitrogen and oxygen atoms in total. The molecule has 0 spiro atoms. The molecule has 0 saturated heterocycles. The molecule has 0 radical (unpaired) electrons. The van der Waals surface area contributed by atoms with E-state index in [1.165, 1.54) is 0 Å². The predicted octanol–water partition coefficient (Wildman–Crippen LogP) is 3.53. The van der Waals surface area contributed by atoms with Gasteiger partial charge >= 0.3 is 12.1 Å². The van der Waals surface area contributed by atoms with E-state index in [1.54, 1.807) is 0 Å². The van der Waals surface area contributed by atoms with Crippen molar-refractivity contribution in [2.75, 3.05) is 13.2 Å². The maximum Gasteiger partial charge on any atom is 0.407 e. The normalized spacial score (nSPS) is 18.8. The lowest BCUT2D eigenvalue weighted by Crippen LogP contribution is -2.48. The molecule has 2 aliphatic rings. The summed E-state index contributed by atoms with van der Waals surface area (Å²) in [5, 5.41) is 14.4. The highest BCUT2D eigenvalue weighted by molar-refractivity contribution is 5.89. The Morgan fingerprint density at radius 1 is 1.06 bits per heavy atom. The number of amides is 2. The molecule has 1 saturated carbocycles. The van der Waals surface area contributed by atoms with Crippen LogP contribution in [0.5, 0.6) is 0 Å². The van der Waals surface area contributed by atoms with Gasteiger partial charge in [0.05, 0.1) is 6.42 Å². The van der Waals surface area contributed by atoms with Crippen LogP contribution in [0.4, 0.5) is 4.79 Å². The first-order valence-electron chi connectivity index (χ1n) is 10.9. The molecule has 2 atom stereocenters. The first-order valence-corrected chi connectivity index (χ1v) is 10.9. The average Bonchev–Trinajstić information content (AvgIpc) is 3.25. The summed E-state index contributed by atoms with van der Waals surface area (Å²) < 4.78 is 5.45. The smallest absolute Gasteiger partial charge is 0.407 e. The topological polar surface area (TPSA) is 105 Å². The van der Waals surface area contributed by atoms with E-state index < -0.39 is 30.4 Å². The minimum Gasteiger partial charge on any atom is -0.481 e. The summed E-state index contributed by atoms with van der Waals surface area (Å²) in [6.45, 7) is 4.80. The minimum absolute atomic E-state index is 0.0948. The molecule has 4 rings (SSSR count). The number of benzene rings is 2. The zero-order valence-electron chi connectivity index (χ0n) is 18.3. The first-order chi connectivity index (χ1) is 15.3. The van der Waals surface area contributed by atoms with Crippen molar-refractivity contribution in [2.24, 2.45) is 11.3 Å². The van der Waals surface area contributed by atoms with E-state index in [0.717, 1.165) is 28.7 Å². The third-order valence-electron chi connectivity index (χ3n) is 6.57. The van der Waals surface area contributed by atoms with Crippen LogP contribution >= 0.6 is 0 Å². The van der Waals surface area contributed by atoms with Gasteiger partial charge in [0.25, 0.3) is 0 Å². The number of nitrogens with one attached hydrogen (secondary N) is 2. The number of carbonyl (C=O) groups excluding carboxylic acids is 2. The van der Waals surface area contributed by atoms with Gasteiger partial charge in [-0.15, -0.1) is 0 Å². The van der Waals surface area contributed by atoms with Crippen LogP contribution in [0.3, 0.4) is 0 Å². The Morgan fingerprint density at radius 2 is 1.62 bits per heavy atom. The van der Waals surface area contributed by atoms with Crippen LogP contribution in [0.25, 0.3) is 11.1 Å². The van der Waals surface area contributed by atoms with Crippen LogP contribution in [0.15, 0.2) is 48.5 Å². The van der Waals surface area contributed by atoms with Crippen molar-refractivity contribution in [3.8, 4) is 11.1 Å². The Labute approximate surface area is 187 Å². The molecule has 2 aromatic rings. The third kappa shape index (κ3) is 4.61. The van der Waals surface area contributed by atoms with Gasteiger partial charge in [0.2, 0.25) is 5.91 Å². The number of carbonyl (C=O) groups is 3. The maximum absolute atomic E-state index is 12.5. The summed E-state index contributed by atoms with van der Waals surface area (Å²) in [7, 11) is 0. The molecule has 32 heavy (non-hydrogen) atoms. The average molecular weight is 437 g/mol. The van der Waals surface area contributed by atoms with Crippen molar-refractivity contribution in [1.29, 1.82) is 0 Å². The van der Waals surface area contributed by atoms with E-state index >= 15 is 0 Å². The zero-order valence-corrected chi connectivity index (χ0v) is 18.3. The fourth-order valence-electron chi connectivity index (χ4n) is 4.44. The van der Waals surface area contributed by atoms with Gasteiger partial charge in [-0.25, -0.2) is 4.79 Å². The van der Waals surface area contributed by atoms with E-state index in [2.05, 4.69) is 24.5 Å². The first kappa shape index (κ1) is 21.9. The third-order valence-corrected chi connectivity index (χ3v) is 6.57. The predicted molar refractivity (Wildman–Crippen MR) is 119 cm³/mol. The van der Waals surface area contributed by atoms with Crippen molar-refractivity contribution in [1.82, 2.24) is 10.6 Å². The van der Waals surface area contributed by atoms with Gasteiger partial charge in [0, 0.05) is 12.5 Å². The molecule has 0 aliphatic heterocycles. The monoisotopic (exact) mass is 436 g/mol. The fourth-order valence-corrected chi connectivity index (χ4v) is 4.44. The number of carboxylic acids is 1. The number of alkyl carbamates (subject to hydrolysis) is 1. The molecule has 1 fully saturated rings. The summed E-state index contributed by atoms with van der Waals surface area (Å²) in [6.07, 6.45) is -0.305. The molecule has 2 amide bonds. The number of hydrogen-bond donors (Lipinski definition) is 3. The van der Waals surface area contributed by atoms with Gasteiger partial charge in [0.15, 0.2) is 0 Å². The van der Waals surface area contributed by atoms with Gasteiger partial charge in [-0.3, -0.25) is 9.59 Å². The van der Waals surface area contributed by atoms with E-state index in [9.17, 15) is 14.4 Å². The highest BCUT2D eigenvalue weighted by Gasteiger charge is 2.45. The van der Waals surface area contributed by atoms with Crippen molar-refractivity contribution in [3.05, 3.63) is 59.7 Å². The number of rotatable bonds is 8. The summed E-state index contributed by atoms with van der Waals surface area (Å²) in [6, 6.07) is 14.8. The molecule has 2 unspecified atom stereocenters. The number of ether oxygens (including phenoxy) is 1. The standard InChI is InChI=1S/C25H28N2O5/c1-25(2)12-15(25)13-26-23(30)21(11-22(28)29)27-24(31)32-14-20-18-9-5-3-7-16(18)17-8-4-6-10-19(17)20/h3-10,15,20-21H,11-14H2,1-2H3,(H,26,30)(H,27,31)(H,28,29). The van der Waals surface area contributed by atoms with Crippen LogP contribution in [-0.2, 0) is 14.3 Å². The van der Waals surface area contributed by atoms with Crippen molar-refractivity contribution in [3.63, 3.8) is 0 Å². The molecule has 3 N–H and O–H groups in total. The van der Waals surface area contributed by atoms with Gasteiger partial charge in [-0.2, -0.15) is 0 Å². The van der Waals surface area contributed by atoms with E-state index in [0.29, 0.717) is 12.5 Å². The van der Waals surface area contributed by atoms with Gasteiger partial charge in [0.1, 0.15) is 12.6 Å². The Kier molecular flexibility index (Phi) is 5.91. The Morgan fingerprint density at radius 3 is 2.16 bits per heavy atom. The minimum atomic E-state index is -1.19. The number of fused-ring (bicyclic) bond motifs is 3. The molecular formula is C25H28N2O5. The van der Waals surface area contributed by atoms with Crippen LogP contribution in [-0.4, -0.2) is 42.3 Å². The number of carboxylic acid groups (broad SMARTS) is 1. The van der Waals surface area contributed by atoms with Crippen LogP contribution in [0, 0.1) is 11.3 Å². The van der Waals surface area contributed by atoms with Crippen molar-refractivity contribution in [2.45, 2.75) is 38.6 Å². The lowest BCUT2D eigenvalue weighted by Gasteiger charge is -2.19. The van der Waals surface area contributed by atoms with E-state index in [1.807, 2.05) is 48.5 Å². The fraction of sp³-hybridized carbons (Fsp3) is 0.400. The maximum atomic E-state index is 12.5. The summed E-state index contributed by atoms with van der Waals surface area (Å²) in [5.74, 6) is -1.43. The molecule has 0 aromatic heterocycles. The van der Waals surface area contributed by atoms with Crippen molar-refractivity contribution >= 4 is 18.0 Å². The molecule has 7 heteroatoms. The Hall–Kier alpha value is -3.35. The summed E-state index contributed by atoms with van der Waals surface area (Å²) in [4.78, 5) is 36.2. The molecule has 168 valence electrons.